The number of nitrogens with two attached hydrogens (primary N) is 1. The fraction of sp³-hybridized carbons (Fsp3) is 0.818. The van der Waals surface area contributed by atoms with Crippen LogP contribution in [0.3, 0.4) is 0 Å². The van der Waals surface area contributed by atoms with Crippen LogP contribution in [0.4, 0.5) is 0 Å². The van der Waals surface area contributed by atoms with E-state index in [4.69, 9.17) is 5.73 Å². The van der Waals surface area contributed by atoms with Gasteiger partial charge in [0.05, 0.1) is 6.04 Å². The zero-order valence-electron chi connectivity index (χ0n) is 9.45. The second kappa shape index (κ2) is 4.82. The average molecular weight is 225 g/mol. The summed E-state index contributed by atoms with van der Waals surface area (Å²) in [7, 11) is 0. The van der Waals surface area contributed by atoms with E-state index >= 15 is 0 Å². The number of hydrogen-bond acceptors (Lipinski definition) is 3. The van der Waals surface area contributed by atoms with Gasteiger partial charge >= 0.3 is 0 Å². The fourth-order valence-corrected chi connectivity index (χ4v) is 2.09. The van der Waals surface area contributed by atoms with Crippen molar-refractivity contribution in [2.75, 3.05) is 13.1 Å². The molecule has 1 heterocycles. The number of hydrogen-bond donors (Lipinski definition) is 2. The Morgan fingerprint density at radius 3 is 2.81 bits per heavy atom. The standard InChI is InChI=1S/C11H19N3O2/c12-10(15)2-1-6-14-7-5-9(11(14)16)13-8-3-4-8/h8-9,13H,1-7H2,(H2,12,15). The van der Waals surface area contributed by atoms with Gasteiger partial charge in [-0.1, -0.05) is 0 Å². The van der Waals surface area contributed by atoms with Gasteiger partial charge in [-0.05, 0) is 25.7 Å². The highest BCUT2D eigenvalue weighted by Crippen LogP contribution is 2.22. The number of likely N-dealkylation sites (tertiary alicyclic amines) is 1. The highest BCUT2D eigenvalue weighted by Gasteiger charge is 2.35. The third-order valence-electron chi connectivity index (χ3n) is 3.16. The summed E-state index contributed by atoms with van der Waals surface area (Å²) in [6.45, 7) is 1.46. The smallest absolute Gasteiger partial charge is 0.239 e. The number of amides is 2. The third kappa shape index (κ3) is 2.95. The molecule has 1 aliphatic carbocycles. The summed E-state index contributed by atoms with van der Waals surface area (Å²) in [6, 6.07) is 0.584. The lowest BCUT2D eigenvalue weighted by atomic mass is 10.2. The van der Waals surface area contributed by atoms with Gasteiger partial charge in [-0.25, -0.2) is 0 Å². The zero-order valence-corrected chi connectivity index (χ0v) is 9.45. The Bertz CT molecular complexity index is 289. The first-order valence-corrected chi connectivity index (χ1v) is 6.00. The Hall–Kier alpha value is -1.10. The molecular formula is C11H19N3O2. The number of nitrogens with one attached hydrogen (secondary N) is 1. The lowest BCUT2D eigenvalue weighted by Crippen LogP contribution is -2.39. The van der Waals surface area contributed by atoms with Gasteiger partial charge in [-0.3, -0.25) is 9.59 Å². The minimum atomic E-state index is -0.292. The Labute approximate surface area is 95.3 Å². The Kier molecular flexibility index (Phi) is 3.43. The van der Waals surface area contributed by atoms with Crippen LogP contribution in [0.1, 0.15) is 32.1 Å². The predicted octanol–water partition coefficient (Wildman–Crippen LogP) is -0.395. The second-order valence-electron chi connectivity index (χ2n) is 4.68. The van der Waals surface area contributed by atoms with Crippen LogP contribution in [-0.4, -0.2) is 41.9 Å². The van der Waals surface area contributed by atoms with Crippen molar-refractivity contribution in [2.45, 2.75) is 44.2 Å². The predicted molar refractivity (Wildman–Crippen MR) is 59.6 cm³/mol. The SMILES string of the molecule is NC(=O)CCCN1CCC(NC2CC2)C1=O. The average Bonchev–Trinajstić information content (AvgIpc) is 2.97. The summed E-state index contributed by atoms with van der Waals surface area (Å²) in [4.78, 5) is 24.3. The Morgan fingerprint density at radius 2 is 2.19 bits per heavy atom. The van der Waals surface area contributed by atoms with E-state index in [1.165, 1.54) is 12.8 Å². The van der Waals surface area contributed by atoms with Crippen molar-refractivity contribution in [1.29, 1.82) is 0 Å². The maximum atomic E-state index is 11.9. The van der Waals surface area contributed by atoms with E-state index in [0.29, 0.717) is 25.4 Å². The van der Waals surface area contributed by atoms with Gasteiger partial charge < -0.3 is 16.0 Å². The first-order valence-electron chi connectivity index (χ1n) is 6.00. The zero-order chi connectivity index (χ0) is 11.5. The monoisotopic (exact) mass is 225 g/mol. The van der Waals surface area contributed by atoms with Crippen molar-refractivity contribution in [3.8, 4) is 0 Å². The molecule has 1 atom stereocenters. The fourth-order valence-electron chi connectivity index (χ4n) is 2.09. The van der Waals surface area contributed by atoms with Crippen LogP contribution in [0.5, 0.6) is 0 Å². The molecule has 5 heteroatoms. The molecule has 5 nitrogen and oxygen atoms in total. The lowest BCUT2D eigenvalue weighted by Gasteiger charge is -2.16. The topological polar surface area (TPSA) is 75.4 Å². The van der Waals surface area contributed by atoms with E-state index in [0.717, 1.165) is 13.0 Å². The second-order valence-corrected chi connectivity index (χ2v) is 4.68. The molecule has 2 fully saturated rings. The minimum absolute atomic E-state index is 0.0149. The number of carbonyl (C=O) groups is 2. The van der Waals surface area contributed by atoms with Crippen molar-refractivity contribution in [3.05, 3.63) is 0 Å². The van der Waals surface area contributed by atoms with Gasteiger partial charge in [0.2, 0.25) is 11.8 Å². The van der Waals surface area contributed by atoms with Crippen molar-refractivity contribution < 1.29 is 9.59 Å². The minimum Gasteiger partial charge on any atom is -0.370 e. The summed E-state index contributed by atoms with van der Waals surface area (Å²) in [5.41, 5.74) is 5.06. The molecule has 2 rings (SSSR count). The van der Waals surface area contributed by atoms with Gasteiger partial charge in [-0.2, -0.15) is 0 Å². The van der Waals surface area contributed by atoms with E-state index in [1.54, 1.807) is 0 Å². The van der Waals surface area contributed by atoms with Crippen LogP contribution < -0.4 is 11.1 Å². The lowest BCUT2D eigenvalue weighted by molar-refractivity contribution is -0.130. The first kappa shape index (κ1) is 11.4. The van der Waals surface area contributed by atoms with E-state index in [1.807, 2.05) is 4.90 Å². The van der Waals surface area contributed by atoms with E-state index < -0.39 is 0 Å². The van der Waals surface area contributed by atoms with Crippen molar-refractivity contribution in [2.24, 2.45) is 5.73 Å². The van der Waals surface area contributed by atoms with Crippen molar-refractivity contribution in [1.82, 2.24) is 10.2 Å². The third-order valence-corrected chi connectivity index (χ3v) is 3.16. The highest BCUT2D eigenvalue weighted by atomic mass is 16.2. The molecule has 1 aliphatic heterocycles. The van der Waals surface area contributed by atoms with Gasteiger partial charge in [0.25, 0.3) is 0 Å². The quantitative estimate of drug-likeness (QED) is 0.646. The van der Waals surface area contributed by atoms with E-state index in [9.17, 15) is 9.59 Å². The van der Waals surface area contributed by atoms with Gasteiger partial charge in [0.15, 0.2) is 0 Å². The maximum absolute atomic E-state index is 11.9. The molecule has 90 valence electrons. The summed E-state index contributed by atoms with van der Waals surface area (Å²) >= 11 is 0. The molecule has 2 aliphatic rings. The number of carbonyl (C=O) groups excluding carboxylic acids is 2. The first-order chi connectivity index (χ1) is 7.66. The van der Waals surface area contributed by atoms with Crippen LogP contribution in [0.25, 0.3) is 0 Å². The molecule has 0 spiro atoms. The number of rotatable bonds is 6. The van der Waals surface area contributed by atoms with Crippen LogP contribution in [-0.2, 0) is 9.59 Å². The summed E-state index contributed by atoms with van der Waals surface area (Å²) in [5, 5.41) is 3.35. The highest BCUT2D eigenvalue weighted by molar-refractivity contribution is 5.84. The molecule has 0 radical (unpaired) electrons. The number of primary amides is 1. The van der Waals surface area contributed by atoms with Gasteiger partial charge in [-0.15, -0.1) is 0 Å². The molecule has 1 unspecified atom stereocenters. The van der Waals surface area contributed by atoms with Crippen molar-refractivity contribution in [3.63, 3.8) is 0 Å². The van der Waals surface area contributed by atoms with Crippen molar-refractivity contribution >= 4 is 11.8 Å². The molecule has 0 bridgehead atoms. The molecule has 16 heavy (non-hydrogen) atoms. The summed E-state index contributed by atoms with van der Waals surface area (Å²) in [5.74, 6) is -0.101. The molecule has 1 saturated heterocycles. The van der Waals surface area contributed by atoms with Gasteiger partial charge in [0.1, 0.15) is 0 Å². The Morgan fingerprint density at radius 1 is 1.44 bits per heavy atom. The molecule has 0 aromatic carbocycles. The van der Waals surface area contributed by atoms with Crippen LogP contribution >= 0.6 is 0 Å². The molecule has 0 aromatic heterocycles. The molecule has 2 amide bonds. The molecule has 3 N–H and O–H groups in total. The normalized spacial score (nSPS) is 25.1. The van der Waals surface area contributed by atoms with Crippen LogP contribution in [0.2, 0.25) is 0 Å². The number of nitrogens with zero attached hydrogens (tertiary/aromatic N) is 1. The summed E-state index contributed by atoms with van der Waals surface area (Å²) < 4.78 is 0. The van der Waals surface area contributed by atoms with E-state index in [2.05, 4.69) is 5.32 Å². The van der Waals surface area contributed by atoms with Gasteiger partial charge in [0, 0.05) is 25.6 Å². The van der Waals surface area contributed by atoms with Crippen LogP contribution in [0, 0.1) is 0 Å². The summed E-state index contributed by atoms with van der Waals surface area (Å²) in [6.07, 6.45) is 4.34. The molecule has 1 saturated carbocycles. The van der Waals surface area contributed by atoms with E-state index in [-0.39, 0.29) is 17.9 Å². The largest absolute Gasteiger partial charge is 0.370 e. The molecule has 0 aromatic rings. The maximum Gasteiger partial charge on any atom is 0.239 e. The van der Waals surface area contributed by atoms with Crippen LogP contribution in [0.15, 0.2) is 0 Å². The molecular weight excluding hydrogens is 206 g/mol. The Balaban J connectivity index is 1.70.